The van der Waals surface area contributed by atoms with Gasteiger partial charge in [-0.2, -0.15) is 0 Å². The van der Waals surface area contributed by atoms with Gasteiger partial charge in [0, 0.05) is 23.6 Å². The van der Waals surface area contributed by atoms with E-state index in [2.05, 4.69) is 46.5 Å². The number of hydrogen-bond donors (Lipinski definition) is 2. The van der Waals surface area contributed by atoms with E-state index in [1.165, 1.54) is 17.2 Å². The Morgan fingerprint density at radius 3 is 2.60 bits per heavy atom. The molecule has 1 heterocycles. The van der Waals surface area contributed by atoms with E-state index in [0.29, 0.717) is 5.16 Å². The number of benzene rings is 1. The first-order valence-corrected chi connectivity index (χ1v) is 7.51. The number of nitrogens with zero attached hydrogens (tertiary/aromatic N) is 1. The van der Waals surface area contributed by atoms with Crippen LogP contribution in [0.25, 0.3) is 0 Å². The van der Waals surface area contributed by atoms with Crippen molar-refractivity contribution in [2.45, 2.75) is 25.0 Å². The third kappa shape index (κ3) is 3.95. The number of thioether (sulfide) groups is 1. The van der Waals surface area contributed by atoms with Gasteiger partial charge in [0.15, 0.2) is 5.16 Å². The molecule has 106 valence electrons. The summed E-state index contributed by atoms with van der Waals surface area (Å²) in [5.74, 6) is 0.811. The number of H-pyrrole nitrogens is 1. The van der Waals surface area contributed by atoms with Gasteiger partial charge in [0.1, 0.15) is 0 Å². The second kappa shape index (κ2) is 6.72. The molecule has 0 aliphatic rings. The van der Waals surface area contributed by atoms with Crippen molar-refractivity contribution in [2.24, 2.45) is 0 Å². The van der Waals surface area contributed by atoms with Gasteiger partial charge in [-0.3, -0.25) is 4.79 Å². The zero-order chi connectivity index (χ0) is 14.5. The van der Waals surface area contributed by atoms with E-state index in [9.17, 15) is 4.79 Å². The highest BCUT2D eigenvalue weighted by molar-refractivity contribution is 7.99. The number of rotatable bonds is 5. The maximum atomic E-state index is 11.4. The van der Waals surface area contributed by atoms with Crippen LogP contribution in [0.1, 0.15) is 22.9 Å². The molecule has 0 aliphatic carbocycles. The molecule has 5 heteroatoms. The minimum absolute atomic E-state index is 0.101. The smallest absolute Gasteiger partial charge is 0.251 e. The molecule has 0 aliphatic heterocycles. The summed E-state index contributed by atoms with van der Waals surface area (Å²) >= 11 is 1.55. The predicted octanol–water partition coefficient (Wildman–Crippen LogP) is 2.44. The molecule has 0 bridgehead atoms. The average molecular weight is 289 g/mol. The van der Waals surface area contributed by atoms with Crippen LogP contribution in [-0.2, 0) is 0 Å². The molecule has 1 aromatic carbocycles. The van der Waals surface area contributed by atoms with Gasteiger partial charge in [0.25, 0.3) is 5.56 Å². The lowest BCUT2D eigenvalue weighted by Crippen LogP contribution is -2.19. The predicted molar refractivity (Wildman–Crippen MR) is 83.3 cm³/mol. The zero-order valence-electron chi connectivity index (χ0n) is 11.9. The third-order valence-electron chi connectivity index (χ3n) is 3.06. The highest BCUT2D eigenvalue weighted by atomic mass is 32.2. The SMILES string of the molecule is CNC(CSc1nc(C)cc(=O)[nH]1)c1ccc(C)cc1. The van der Waals surface area contributed by atoms with Gasteiger partial charge >= 0.3 is 0 Å². The van der Waals surface area contributed by atoms with Crippen LogP contribution in [-0.4, -0.2) is 22.8 Å². The number of aromatic amines is 1. The average Bonchev–Trinajstić information content (AvgIpc) is 2.40. The van der Waals surface area contributed by atoms with Crippen molar-refractivity contribution in [3.63, 3.8) is 0 Å². The Bertz CT molecular complexity index is 622. The summed E-state index contributed by atoms with van der Waals surface area (Å²) < 4.78 is 0. The highest BCUT2D eigenvalue weighted by Gasteiger charge is 2.10. The summed E-state index contributed by atoms with van der Waals surface area (Å²) in [5.41, 5.74) is 3.13. The Labute approximate surface area is 123 Å². The Hall–Kier alpha value is -1.59. The van der Waals surface area contributed by atoms with Gasteiger partial charge in [-0.15, -0.1) is 0 Å². The monoisotopic (exact) mass is 289 g/mol. The van der Waals surface area contributed by atoms with Crippen LogP contribution >= 0.6 is 11.8 Å². The fraction of sp³-hybridized carbons (Fsp3) is 0.333. The van der Waals surface area contributed by atoms with Crippen molar-refractivity contribution in [1.29, 1.82) is 0 Å². The van der Waals surface area contributed by atoms with Crippen LogP contribution < -0.4 is 10.9 Å². The summed E-state index contributed by atoms with van der Waals surface area (Å²) in [7, 11) is 1.94. The van der Waals surface area contributed by atoms with Gasteiger partial charge in [-0.05, 0) is 26.5 Å². The van der Waals surface area contributed by atoms with Crippen LogP contribution in [0.15, 0.2) is 40.3 Å². The summed E-state index contributed by atoms with van der Waals surface area (Å²) in [5, 5.41) is 3.97. The standard InChI is InChI=1S/C15H19N3OS/c1-10-4-6-12(7-5-10)13(16-3)9-20-15-17-11(2)8-14(19)18-15/h4-8,13,16H,9H2,1-3H3,(H,17,18,19). The van der Waals surface area contributed by atoms with Crippen LogP contribution in [0, 0.1) is 13.8 Å². The fourth-order valence-corrected chi connectivity index (χ4v) is 2.99. The summed E-state index contributed by atoms with van der Waals surface area (Å²) in [6, 6.07) is 10.2. The van der Waals surface area contributed by atoms with Gasteiger partial charge in [-0.25, -0.2) is 4.98 Å². The first-order chi connectivity index (χ1) is 9.58. The number of aryl methyl sites for hydroxylation is 2. The van der Waals surface area contributed by atoms with Crippen LogP contribution in [0.3, 0.4) is 0 Å². The van der Waals surface area contributed by atoms with E-state index < -0.39 is 0 Å². The van der Waals surface area contributed by atoms with Crippen LogP contribution in [0.5, 0.6) is 0 Å². The molecule has 1 unspecified atom stereocenters. The summed E-state index contributed by atoms with van der Waals surface area (Å²) in [6.07, 6.45) is 0. The van der Waals surface area contributed by atoms with Gasteiger partial charge in [-0.1, -0.05) is 41.6 Å². The van der Waals surface area contributed by atoms with Crippen LogP contribution in [0.4, 0.5) is 0 Å². The van der Waals surface area contributed by atoms with Crippen molar-refractivity contribution in [1.82, 2.24) is 15.3 Å². The molecule has 2 aromatic rings. The van der Waals surface area contributed by atoms with E-state index in [1.54, 1.807) is 11.8 Å². The Morgan fingerprint density at radius 1 is 1.30 bits per heavy atom. The second-order valence-electron chi connectivity index (χ2n) is 4.75. The van der Waals surface area contributed by atoms with E-state index in [1.807, 2.05) is 14.0 Å². The molecule has 0 saturated heterocycles. The maximum Gasteiger partial charge on any atom is 0.251 e. The van der Waals surface area contributed by atoms with E-state index in [4.69, 9.17) is 0 Å². The number of hydrogen-bond acceptors (Lipinski definition) is 4. The first-order valence-electron chi connectivity index (χ1n) is 6.53. The Kier molecular flexibility index (Phi) is 4.98. The molecule has 0 fully saturated rings. The minimum Gasteiger partial charge on any atom is -0.312 e. The molecule has 0 amide bonds. The van der Waals surface area contributed by atoms with Gasteiger partial charge < -0.3 is 10.3 Å². The van der Waals surface area contributed by atoms with Crippen molar-refractivity contribution >= 4 is 11.8 Å². The molecule has 4 nitrogen and oxygen atoms in total. The zero-order valence-corrected chi connectivity index (χ0v) is 12.8. The van der Waals surface area contributed by atoms with Crippen molar-refractivity contribution in [3.8, 4) is 0 Å². The lowest BCUT2D eigenvalue weighted by atomic mass is 10.1. The van der Waals surface area contributed by atoms with Crippen molar-refractivity contribution in [3.05, 3.63) is 57.5 Å². The van der Waals surface area contributed by atoms with Gasteiger partial charge in [0.05, 0.1) is 0 Å². The van der Waals surface area contributed by atoms with E-state index >= 15 is 0 Å². The quantitative estimate of drug-likeness (QED) is 0.656. The lowest BCUT2D eigenvalue weighted by Gasteiger charge is -2.16. The van der Waals surface area contributed by atoms with Crippen molar-refractivity contribution in [2.75, 3.05) is 12.8 Å². The van der Waals surface area contributed by atoms with E-state index in [-0.39, 0.29) is 11.6 Å². The molecular weight excluding hydrogens is 270 g/mol. The summed E-state index contributed by atoms with van der Waals surface area (Å²) in [4.78, 5) is 18.5. The topological polar surface area (TPSA) is 57.8 Å². The molecule has 1 atom stereocenters. The van der Waals surface area contributed by atoms with Crippen molar-refractivity contribution < 1.29 is 0 Å². The summed E-state index contributed by atoms with van der Waals surface area (Å²) in [6.45, 7) is 3.91. The molecule has 2 N–H and O–H groups in total. The molecule has 1 aromatic heterocycles. The molecule has 0 spiro atoms. The fourth-order valence-electron chi connectivity index (χ4n) is 1.93. The van der Waals surface area contributed by atoms with Gasteiger partial charge in [0.2, 0.25) is 0 Å². The third-order valence-corrected chi connectivity index (χ3v) is 4.03. The molecular formula is C15H19N3OS. The lowest BCUT2D eigenvalue weighted by molar-refractivity contribution is 0.660. The largest absolute Gasteiger partial charge is 0.312 e. The number of aromatic nitrogens is 2. The molecule has 20 heavy (non-hydrogen) atoms. The minimum atomic E-state index is -0.101. The van der Waals surface area contributed by atoms with E-state index in [0.717, 1.165) is 11.4 Å². The molecule has 0 saturated carbocycles. The second-order valence-corrected chi connectivity index (χ2v) is 5.76. The first kappa shape index (κ1) is 14.8. The molecule has 2 rings (SSSR count). The highest BCUT2D eigenvalue weighted by Crippen LogP contribution is 2.22. The Morgan fingerprint density at radius 2 is 2.00 bits per heavy atom. The maximum absolute atomic E-state index is 11.4. The van der Waals surface area contributed by atoms with Crippen LogP contribution in [0.2, 0.25) is 0 Å². The number of nitrogens with one attached hydrogen (secondary N) is 2. The Balaban J connectivity index is 2.07. The normalized spacial score (nSPS) is 12.3. The molecule has 0 radical (unpaired) electrons.